The zero-order chi connectivity index (χ0) is 24.6. The fraction of sp³-hybridized carbons (Fsp3) is 0.381. The van der Waals surface area contributed by atoms with Crippen LogP contribution in [0.25, 0.3) is 11.1 Å². The summed E-state index contributed by atoms with van der Waals surface area (Å²) in [4.78, 5) is 45.3. The zero-order valence-electron chi connectivity index (χ0n) is 18.5. The van der Waals surface area contributed by atoms with Gasteiger partial charge in [0.05, 0.1) is 18.6 Å². The van der Waals surface area contributed by atoms with Crippen molar-refractivity contribution in [2.75, 3.05) is 6.73 Å². The van der Waals surface area contributed by atoms with Crippen LogP contribution in [-0.4, -0.2) is 46.6 Å². The van der Waals surface area contributed by atoms with Crippen molar-refractivity contribution in [3.63, 3.8) is 0 Å². The summed E-state index contributed by atoms with van der Waals surface area (Å²) in [5.41, 5.74) is 2.45. The fourth-order valence-corrected chi connectivity index (χ4v) is 3.99. The second-order valence-electron chi connectivity index (χ2n) is 7.69. The summed E-state index contributed by atoms with van der Waals surface area (Å²) >= 11 is 0. The number of furan rings is 1. The fourth-order valence-electron chi connectivity index (χ4n) is 2.90. The molecule has 2 rings (SSSR count). The number of amides is 2. The Labute approximate surface area is 191 Å². The number of aliphatic carboxylic acids is 1. The highest BCUT2D eigenvalue weighted by Crippen LogP contribution is 2.37. The summed E-state index contributed by atoms with van der Waals surface area (Å²) < 4.78 is 22.0. The molecule has 2 amide bonds. The molecule has 0 aliphatic rings. The summed E-state index contributed by atoms with van der Waals surface area (Å²) in [6.45, 7) is 3.92. The highest BCUT2D eigenvalue weighted by molar-refractivity contribution is 7.50. The van der Waals surface area contributed by atoms with E-state index in [-0.39, 0.29) is 6.42 Å². The number of rotatable bonds is 12. The van der Waals surface area contributed by atoms with Crippen molar-refractivity contribution < 1.29 is 37.9 Å². The number of carbonyl (C=O) groups excluding carboxylic acids is 2. The van der Waals surface area contributed by atoms with E-state index >= 15 is 0 Å². The molecule has 0 aliphatic heterocycles. The first-order valence-electron chi connectivity index (χ1n) is 10.1. The van der Waals surface area contributed by atoms with Crippen LogP contribution in [0.5, 0.6) is 0 Å². The van der Waals surface area contributed by atoms with Crippen LogP contribution in [0.2, 0.25) is 0 Å². The molecule has 1 aromatic heterocycles. The molecule has 0 saturated heterocycles. The van der Waals surface area contributed by atoms with E-state index < -0.39 is 50.3 Å². The maximum absolute atomic E-state index is 12.8. The number of nitrogens with one attached hydrogen (secondary N) is 3. The number of benzene rings is 1. The Bertz CT molecular complexity index is 991. The van der Waals surface area contributed by atoms with Crippen LogP contribution in [0, 0.1) is 5.92 Å². The Kier molecular flexibility index (Phi) is 9.36. The number of carboxylic acid groups (broad SMARTS) is 1. The molecule has 33 heavy (non-hydrogen) atoms. The third-order valence-corrected chi connectivity index (χ3v) is 5.76. The highest BCUT2D eigenvalue weighted by atomic mass is 31.2. The first-order valence-corrected chi connectivity index (χ1v) is 11.7. The molecule has 180 valence electrons. The average molecular weight is 481 g/mol. The number of hydrogen-bond donors (Lipinski definition) is 5. The van der Waals surface area contributed by atoms with Gasteiger partial charge in [0.2, 0.25) is 11.8 Å². The van der Waals surface area contributed by atoms with Crippen LogP contribution in [0.15, 0.2) is 47.3 Å². The molecule has 0 spiro atoms. The number of carboxylic acids is 1. The Morgan fingerprint density at radius 2 is 1.79 bits per heavy atom. The molecule has 0 aliphatic carbocycles. The molecule has 0 bridgehead atoms. The summed E-state index contributed by atoms with van der Waals surface area (Å²) in [7, 11) is -4.46. The first-order chi connectivity index (χ1) is 15.5. The normalized spacial score (nSPS) is 14.8. The summed E-state index contributed by atoms with van der Waals surface area (Å²) in [6.07, 6.45) is 3.15. The second-order valence-corrected chi connectivity index (χ2v) is 9.25. The van der Waals surface area contributed by atoms with Gasteiger partial charge in [-0.05, 0) is 23.1 Å². The first kappa shape index (κ1) is 26.3. The molecule has 5 N–H and O–H groups in total. The van der Waals surface area contributed by atoms with Crippen molar-refractivity contribution in [2.24, 2.45) is 5.92 Å². The summed E-state index contributed by atoms with van der Waals surface area (Å²) in [5.74, 6) is -2.96. The molecule has 1 heterocycles. The molecule has 0 radical (unpaired) electrons. The minimum absolute atomic E-state index is 0.00731. The van der Waals surface area contributed by atoms with Crippen molar-refractivity contribution >= 4 is 25.5 Å². The maximum atomic E-state index is 12.8. The van der Waals surface area contributed by atoms with Gasteiger partial charge in [-0.1, -0.05) is 38.1 Å². The van der Waals surface area contributed by atoms with Gasteiger partial charge in [0, 0.05) is 18.9 Å². The molecule has 1 unspecified atom stereocenters. The molecule has 2 aromatic rings. The molecule has 11 nitrogen and oxygen atoms in total. The Balaban J connectivity index is 2.04. The lowest BCUT2D eigenvalue weighted by Crippen LogP contribution is -2.52. The molecule has 3 atom stereocenters. The maximum Gasteiger partial charge on any atom is 0.405 e. The van der Waals surface area contributed by atoms with Crippen molar-refractivity contribution in [2.45, 2.75) is 39.3 Å². The molecule has 12 heteroatoms. The highest BCUT2D eigenvalue weighted by Gasteiger charge is 2.33. The SMILES string of the molecule is CC(=O)NCOP(=O)(O)N[C@H](C(=O)N[C@@H](Cc1ccc(-c2ccoc2)cc1)C(=O)O)C(C)C. The van der Waals surface area contributed by atoms with Gasteiger partial charge in [0.25, 0.3) is 0 Å². The van der Waals surface area contributed by atoms with Crippen LogP contribution in [0.3, 0.4) is 0 Å². The summed E-state index contributed by atoms with van der Waals surface area (Å²) in [5, 5.41) is 16.4. The molecular weight excluding hydrogens is 453 g/mol. The Morgan fingerprint density at radius 1 is 1.12 bits per heavy atom. The van der Waals surface area contributed by atoms with Gasteiger partial charge < -0.3 is 25.1 Å². The van der Waals surface area contributed by atoms with Crippen molar-refractivity contribution in [1.29, 1.82) is 0 Å². The van der Waals surface area contributed by atoms with E-state index in [1.165, 1.54) is 6.92 Å². The van der Waals surface area contributed by atoms with Gasteiger partial charge in [-0.25, -0.2) is 14.4 Å². The van der Waals surface area contributed by atoms with Crippen LogP contribution in [-0.2, 0) is 29.9 Å². The van der Waals surface area contributed by atoms with E-state index in [1.807, 2.05) is 12.1 Å². The quantitative estimate of drug-likeness (QED) is 0.225. The van der Waals surface area contributed by atoms with Crippen molar-refractivity contribution in [1.82, 2.24) is 15.7 Å². The Morgan fingerprint density at radius 3 is 2.30 bits per heavy atom. The summed E-state index contributed by atoms with van der Waals surface area (Å²) in [6, 6.07) is 6.44. The van der Waals surface area contributed by atoms with Crippen molar-refractivity contribution in [3.05, 3.63) is 48.4 Å². The van der Waals surface area contributed by atoms with Gasteiger partial charge in [0.15, 0.2) is 0 Å². The smallest absolute Gasteiger partial charge is 0.405 e. The third kappa shape index (κ3) is 8.47. The average Bonchev–Trinajstić information content (AvgIpc) is 3.26. The molecule has 0 saturated carbocycles. The van der Waals surface area contributed by atoms with Crippen LogP contribution < -0.4 is 15.7 Å². The third-order valence-electron chi connectivity index (χ3n) is 4.67. The van der Waals surface area contributed by atoms with Crippen LogP contribution >= 0.6 is 7.75 Å². The lowest BCUT2D eigenvalue weighted by Gasteiger charge is -2.26. The van der Waals surface area contributed by atoms with Gasteiger partial charge in [-0.15, -0.1) is 0 Å². The predicted molar refractivity (Wildman–Crippen MR) is 119 cm³/mol. The van der Waals surface area contributed by atoms with E-state index in [4.69, 9.17) is 8.94 Å². The minimum atomic E-state index is -4.46. The van der Waals surface area contributed by atoms with Crippen LogP contribution in [0.4, 0.5) is 0 Å². The van der Waals surface area contributed by atoms with Crippen LogP contribution in [0.1, 0.15) is 26.3 Å². The van der Waals surface area contributed by atoms with Gasteiger partial charge in [-0.2, -0.15) is 0 Å². The van der Waals surface area contributed by atoms with E-state index in [9.17, 15) is 28.9 Å². The largest absolute Gasteiger partial charge is 0.480 e. The van der Waals surface area contributed by atoms with E-state index in [0.717, 1.165) is 11.1 Å². The number of hydrogen-bond acceptors (Lipinski definition) is 6. The zero-order valence-corrected chi connectivity index (χ0v) is 19.4. The molecule has 1 aromatic carbocycles. The van der Waals surface area contributed by atoms with Gasteiger partial charge >= 0.3 is 13.7 Å². The topological polar surface area (TPSA) is 167 Å². The predicted octanol–water partition coefficient (Wildman–Crippen LogP) is 1.88. The van der Waals surface area contributed by atoms with E-state index in [1.54, 1.807) is 44.6 Å². The monoisotopic (exact) mass is 481 g/mol. The lowest BCUT2D eigenvalue weighted by molar-refractivity contribution is -0.142. The van der Waals surface area contributed by atoms with E-state index in [2.05, 4.69) is 15.7 Å². The second kappa shape index (κ2) is 11.8. The molecule has 0 fully saturated rings. The van der Waals surface area contributed by atoms with Gasteiger partial charge in [0.1, 0.15) is 12.8 Å². The Hall–Kier alpha value is -2.98. The molecular formula is C21H28N3O8P. The standard InChI is InChI=1S/C21H28N3O8P/c1-13(2)19(24-33(29,30)32-12-22-14(3)25)20(26)23-18(21(27)28)10-15-4-6-16(7-5-15)17-8-9-31-11-17/h4-9,11,13,18-19H,10,12H2,1-3H3,(H,22,25)(H,23,26)(H,27,28)(H2,24,29,30)/t18-,19-/m0/s1. The van der Waals surface area contributed by atoms with E-state index in [0.29, 0.717) is 5.56 Å². The minimum Gasteiger partial charge on any atom is -0.480 e. The van der Waals surface area contributed by atoms with Gasteiger partial charge in [-0.3, -0.25) is 14.1 Å². The van der Waals surface area contributed by atoms with Crippen molar-refractivity contribution in [3.8, 4) is 11.1 Å². The number of carbonyl (C=O) groups is 3. The lowest BCUT2D eigenvalue weighted by atomic mass is 10.0.